The Kier molecular flexibility index (Phi) is 4.54. The van der Waals surface area contributed by atoms with E-state index in [0.717, 1.165) is 18.4 Å². The third-order valence-corrected chi connectivity index (χ3v) is 2.93. The van der Waals surface area contributed by atoms with Crippen LogP contribution in [-0.2, 0) is 0 Å². The molecule has 0 radical (unpaired) electrons. The number of carbonyl (C=O) groups is 1. The molecule has 1 atom stereocenters. The van der Waals surface area contributed by atoms with Gasteiger partial charge in [-0.25, -0.2) is 0 Å². The maximum Gasteiger partial charge on any atom is 0.162 e. The maximum atomic E-state index is 11.8. The van der Waals surface area contributed by atoms with Gasteiger partial charge < -0.3 is 0 Å². The molecule has 0 fully saturated rings. The fraction of sp³-hybridized carbons (Fsp3) is 0.500. The van der Waals surface area contributed by atoms with E-state index in [1.54, 1.807) is 0 Å². The predicted molar refractivity (Wildman–Crippen MR) is 64.2 cm³/mol. The first-order valence-electron chi connectivity index (χ1n) is 5.73. The Morgan fingerprint density at radius 2 is 1.87 bits per heavy atom. The van der Waals surface area contributed by atoms with Crippen LogP contribution in [0, 0.1) is 12.8 Å². The highest BCUT2D eigenvalue weighted by atomic mass is 16.1. The number of carbonyl (C=O) groups excluding carboxylic acids is 1. The van der Waals surface area contributed by atoms with Crippen molar-refractivity contribution in [3.63, 3.8) is 0 Å². The van der Waals surface area contributed by atoms with Crippen molar-refractivity contribution in [1.82, 2.24) is 0 Å². The van der Waals surface area contributed by atoms with Crippen molar-refractivity contribution in [2.24, 2.45) is 5.92 Å². The molecule has 0 aliphatic rings. The summed E-state index contributed by atoms with van der Waals surface area (Å²) < 4.78 is 0. The molecule has 1 nitrogen and oxygen atoms in total. The van der Waals surface area contributed by atoms with Gasteiger partial charge in [0.1, 0.15) is 0 Å². The molecular formula is C14H20O. The molecule has 0 unspecified atom stereocenters. The lowest BCUT2D eigenvalue weighted by Crippen LogP contribution is -2.02. The Morgan fingerprint density at radius 3 is 2.40 bits per heavy atom. The van der Waals surface area contributed by atoms with Gasteiger partial charge in [0.2, 0.25) is 0 Å². The molecule has 0 aliphatic heterocycles. The summed E-state index contributed by atoms with van der Waals surface area (Å²) in [6.07, 6.45) is 2.84. The molecule has 0 saturated carbocycles. The monoisotopic (exact) mass is 204 g/mol. The van der Waals surface area contributed by atoms with Crippen LogP contribution in [0.2, 0.25) is 0 Å². The van der Waals surface area contributed by atoms with Gasteiger partial charge in [-0.1, -0.05) is 50.1 Å². The Morgan fingerprint density at radius 1 is 1.27 bits per heavy atom. The summed E-state index contributed by atoms with van der Waals surface area (Å²) in [4.78, 5) is 11.8. The van der Waals surface area contributed by atoms with Crippen molar-refractivity contribution in [2.45, 2.75) is 40.0 Å². The van der Waals surface area contributed by atoms with Crippen molar-refractivity contribution in [2.75, 3.05) is 0 Å². The molecule has 1 rings (SSSR count). The fourth-order valence-electron chi connectivity index (χ4n) is 1.47. The lowest BCUT2D eigenvalue weighted by Gasteiger charge is -2.07. The third-order valence-electron chi connectivity index (χ3n) is 2.93. The zero-order valence-electron chi connectivity index (χ0n) is 9.92. The molecule has 0 saturated heterocycles. The minimum absolute atomic E-state index is 0.273. The lowest BCUT2D eigenvalue weighted by molar-refractivity contribution is 0.0974. The molecule has 82 valence electrons. The number of aryl methyl sites for hydroxylation is 1. The molecule has 0 amide bonds. The summed E-state index contributed by atoms with van der Waals surface area (Å²) in [7, 11) is 0. The van der Waals surface area contributed by atoms with E-state index in [1.807, 2.05) is 31.2 Å². The first-order valence-corrected chi connectivity index (χ1v) is 5.73. The van der Waals surface area contributed by atoms with Gasteiger partial charge in [0.25, 0.3) is 0 Å². The third kappa shape index (κ3) is 3.86. The van der Waals surface area contributed by atoms with Crippen LogP contribution in [0.4, 0.5) is 0 Å². The number of ketones is 1. The van der Waals surface area contributed by atoms with Gasteiger partial charge in [0, 0.05) is 12.0 Å². The molecule has 0 heterocycles. The fourth-order valence-corrected chi connectivity index (χ4v) is 1.47. The SMILES string of the molecule is CC[C@H](C)CCC(=O)c1ccc(C)cc1. The summed E-state index contributed by atoms with van der Waals surface area (Å²) in [5.74, 6) is 0.926. The number of benzene rings is 1. The van der Waals surface area contributed by atoms with Crippen LogP contribution in [0.1, 0.15) is 49.0 Å². The number of hydrogen-bond acceptors (Lipinski definition) is 1. The van der Waals surface area contributed by atoms with Crippen LogP contribution in [0.25, 0.3) is 0 Å². The summed E-state index contributed by atoms with van der Waals surface area (Å²) in [5, 5.41) is 0. The molecule has 1 aromatic carbocycles. The van der Waals surface area contributed by atoms with Gasteiger partial charge in [-0.3, -0.25) is 4.79 Å². The highest BCUT2D eigenvalue weighted by Crippen LogP contribution is 2.13. The average molecular weight is 204 g/mol. The molecule has 1 aromatic rings. The molecule has 0 aromatic heterocycles. The Bertz CT molecular complexity index is 311. The molecule has 0 aliphatic carbocycles. The minimum Gasteiger partial charge on any atom is -0.294 e. The second-order valence-corrected chi connectivity index (χ2v) is 4.34. The lowest BCUT2D eigenvalue weighted by atomic mass is 9.98. The largest absolute Gasteiger partial charge is 0.294 e. The number of Topliss-reactive ketones (excluding diaryl/α,β-unsaturated/α-hetero) is 1. The first-order chi connectivity index (χ1) is 7.13. The molecule has 0 N–H and O–H groups in total. The van der Waals surface area contributed by atoms with Crippen molar-refractivity contribution in [3.8, 4) is 0 Å². The van der Waals surface area contributed by atoms with E-state index in [1.165, 1.54) is 5.56 Å². The molecule has 1 heteroatoms. The van der Waals surface area contributed by atoms with Gasteiger partial charge in [-0.2, -0.15) is 0 Å². The van der Waals surface area contributed by atoms with Gasteiger partial charge >= 0.3 is 0 Å². The van der Waals surface area contributed by atoms with Gasteiger partial charge in [-0.05, 0) is 19.3 Å². The van der Waals surface area contributed by atoms with Crippen molar-refractivity contribution in [3.05, 3.63) is 35.4 Å². The molecule has 15 heavy (non-hydrogen) atoms. The summed E-state index contributed by atoms with van der Waals surface area (Å²) in [6.45, 7) is 6.40. The second-order valence-electron chi connectivity index (χ2n) is 4.34. The van der Waals surface area contributed by atoms with Crippen LogP contribution < -0.4 is 0 Å². The van der Waals surface area contributed by atoms with Crippen LogP contribution in [0.5, 0.6) is 0 Å². The van der Waals surface area contributed by atoms with E-state index in [-0.39, 0.29) is 5.78 Å². The van der Waals surface area contributed by atoms with Crippen LogP contribution in [0.3, 0.4) is 0 Å². The highest BCUT2D eigenvalue weighted by Gasteiger charge is 2.07. The zero-order chi connectivity index (χ0) is 11.3. The molecule has 0 bridgehead atoms. The maximum absolute atomic E-state index is 11.8. The van der Waals surface area contributed by atoms with Crippen molar-refractivity contribution < 1.29 is 4.79 Å². The minimum atomic E-state index is 0.273. The molecular weight excluding hydrogens is 184 g/mol. The van der Waals surface area contributed by atoms with Crippen LogP contribution in [-0.4, -0.2) is 5.78 Å². The van der Waals surface area contributed by atoms with E-state index >= 15 is 0 Å². The zero-order valence-corrected chi connectivity index (χ0v) is 9.92. The number of hydrogen-bond donors (Lipinski definition) is 0. The van der Waals surface area contributed by atoms with Crippen molar-refractivity contribution >= 4 is 5.78 Å². The normalized spacial score (nSPS) is 12.5. The Balaban J connectivity index is 2.50. The first kappa shape index (κ1) is 12.0. The van der Waals surface area contributed by atoms with E-state index in [4.69, 9.17) is 0 Å². The highest BCUT2D eigenvalue weighted by molar-refractivity contribution is 5.96. The standard InChI is InChI=1S/C14H20O/c1-4-11(2)7-10-14(15)13-8-5-12(3)6-9-13/h5-6,8-9,11H,4,7,10H2,1-3H3/t11-/m0/s1. The quantitative estimate of drug-likeness (QED) is 0.662. The van der Waals surface area contributed by atoms with Gasteiger partial charge in [0.15, 0.2) is 5.78 Å². The van der Waals surface area contributed by atoms with E-state index in [9.17, 15) is 4.79 Å². The topological polar surface area (TPSA) is 17.1 Å². The summed E-state index contributed by atoms with van der Waals surface area (Å²) in [5.41, 5.74) is 2.05. The van der Waals surface area contributed by atoms with Gasteiger partial charge in [-0.15, -0.1) is 0 Å². The van der Waals surface area contributed by atoms with Crippen LogP contribution in [0.15, 0.2) is 24.3 Å². The smallest absolute Gasteiger partial charge is 0.162 e. The van der Waals surface area contributed by atoms with E-state index in [0.29, 0.717) is 12.3 Å². The van der Waals surface area contributed by atoms with E-state index in [2.05, 4.69) is 13.8 Å². The summed E-state index contributed by atoms with van der Waals surface area (Å²) >= 11 is 0. The van der Waals surface area contributed by atoms with Crippen LogP contribution >= 0.6 is 0 Å². The number of rotatable bonds is 5. The Labute approximate surface area is 92.5 Å². The average Bonchev–Trinajstić information content (AvgIpc) is 2.26. The predicted octanol–water partition coefficient (Wildman–Crippen LogP) is 4.00. The summed E-state index contributed by atoms with van der Waals surface area (Å²) in [6, 6.07) is 7.84. The van der Waals surface area contributed by atoms with Gasteiger partial charge in [0.05, 0.1) is 0 Å². The second kappa shape index (κ2) is 5.69. The van der Waals surface area contributed by atoms with E-state index < -0.39 is 0 Å². The molecule has 0 spiro atoms. The van der Waals surface area contributed by atoms with Crippen molar-refractivity contribution in [1.29, 1.82) is 0 Å². The Hall–Kier alpha value is -1.11.